The fourth-order valence-electron chi connectivity index (χ4n) is 1.86. The Morgan fingerprint density at radius 3 is 2.71 bits per heavy atom. The number of hydrogen-bond acceptors (Lipinski definition) is 2. The van der Waals surface area contributed by atoms with Gasteiger partial charge in [0.15, 0.2) is 6.20 Å². The Balaban J connectivity index is 1.92. The highest BCUT2D eigenvalue weighted by atomic mass is 15.5. The lowest BCUT2D eigenvalue weighted by Crippen LogP contribution is -2.04. The Labute approximate surface area is 100 Å². The van der Waals surface area contributed by atoms with Gasteiger partial charge >= 0.3 is 0 Å². The summed E-state index contributed by atoms with van der Waals surface area (Å²) in [6.07, 6.45) is 5.93. The highest BCUT2D eigenvalue weighted by Crippen LogP contribution is 2.25. The van der Waals surface area contributed by atoms with Gasteiger partial charge in [-0.2, -0.15) is 0 Å². The van der Waals surface area contributed by atoms with Crippen molar-refractivity contribution in [2.75, 3.05) is 0 Å². The van der Waals surface area contributed by atoms with Crippen molar-refractivity contribution < 1.29 is 0 Å². The third-order valence-electron chi connectivity index (χ3n) is 2.74. The molecule has 3 nitrogen and oxygen atoms in total. The lowest BCUT2D eigenvalue weighted by Gasteiger charge is -1.94. The minimum absolute atomic E-state index is 1.02. The molecule has 0 bridgehead atoms. The Morgan fingerprint density at radius 1 is 1.18 bits per heavy atom. The molecule has 0 unspecified atom stereocenters. The van der Waals surface area contributed by atoms with E-state index in [2.05, 4.69) is 28.3 Å². The molecule has 1 N–H and O–H groups in total. The number of rotatable bonds is 2. The van der Waals surface area contributed by atoms with E-state index in [9.17, 15) is 0 Å². The molecule has 1 radical (unpaired) electrons. The number of aromatic nitrogens is 1. The molecule has 0 saturated heterocycles. The highest BCUT2D eigenvalue weighted by Gasteiger charge is 2.22. The lowest BCUT2D eigenvalue weighted by molar-refractivity contribution is 0.752. The SMILES string of the molecule is CC1=N[N+](c2c[nH]c(-c3ccccc3)c2)C=C1. The van der Waals surface area contributed by atoms with E-state index < -0.39 is 0 Å². The predicted octanol–water partition coefficient (Wildman–Crippen LogP) is 3.36. The standard InChI is InChI=1S/C14H13N3/c1-11-7-8-17(16-11)13-9-14(15-10-13)12-5-3-2-4-6-12/h2-10,15H,1H3/q+1. The van der Waals surface area contributed by atoms with E-state index in [1.807, 2.05) is 48.6 Å². The number of hydrogen-bond donors (Lipinski definition) is 1. The fourth-order valence-corrected chi connectivity index (χ4v) is 1.86. The Bertz CT molecular complexity index is 579. The van der Waals surface area contributed by atoms with Crippen LogP contribution < -0.4 is 5.01 Å². The molecule has 0 saturated carbocycles. The molecule has 0 aliphatic carbocycles. The van der Waals surface area contributed by atoms with Crippen LogP contribution in [0.15, 0.2) is 60.0 Å². The maximum Gasteiger partial charge on any atom is 0.235 e. The molecule has 0 spiro atoms. The van der Waals surface area contributed by atoms with Crippen molar-refractivity contribution in [3.8, 4) is 11.3 Å². The van der Waals surface area contributed by atoms with Gasteiger partial charge in [0.05, 0.1) is 11.9 Å². The molecular weight excluding hydrogens is 210 g/mol. The zero-order chi connectivity index (χ0) is 11.7. The monoisotopic (exact) mass is 223 g/mol. The van der Waals surface area contributed by atoms with Crippen molar-refractivity contribution in [1.82, 2.24) is 9.99 Å². The van der Waals surface area contributed by atoms with Gasteiger partial charge in [0.2, 0.25) is 5.69 Å². The summed E-state index contributed by atoms with van der Waals surface area (Å²) >= 11 is 0. The van der Waals surface area contributed by atoms with E-state index in [-0.39, 0.29) is 0 Å². The van der Waals surface area contributed by atoms with Gasteiger partial charge in [-0.3, -0.25) is 0 Å². The van der Waals surface area contributed by atoms with E-state index in [1.165, 1.54) is 5.56 Å². The van der Waals surface area contributed by atoms with Crippen LogP contribution in [0.2, 0.25) is 0 Å². The van der Waals surface area contributed by atoms with E-state index in [4.69, 9.17) is 0 Å². The van der Waals surface area contributed by atoms with Gasteiger partial charge in [-0.05, 0) is 17.6 Å². The van der Waals surface area contributed by atoms with Gasteiger partial charge in [-0.25, -0.2) is 0 Å². The molecule has 1 aliphatic heterocycles. The lowest BCUT2D eigenvalue weighted by atomic mass is 10.1. The van der Waals surface area contributed by atoms with Gasteiger partial charge in [-0.1, -0.05) is 30.3 Å². The normalized spacial score (nSPS) is 15.2. The predicted molar refractivity (Wildman–Crippen MR) is 70.3 cm³/mol. The van der Waals surface area contributed by atoms with Gasteiger partial charge in [-0.15, -0.1) is 0 Å². The summed E-state index contributed by atoms with van der Waals surface area (Å²) in [5.74, 6) is 0. The molecule has 3 heteroatoms. The van der Waals surface area contributed by atoms with Crippen LogP contribution in [0, 0.1) is 0 Å². The molecule has 83 valence electrons. The smallest absolute Gasteiger partial charge is 0.235 e. The van der Waals surface area contributed by atoms with Crippen LogP contribution in [0.5, 0.6) is 0 Å². The summed E-state index contributed by atoms with van der Waals surface area (Å²) in [7, 11) is 0. The zero-order valence-electron chi connectivity index (χ0n) is 9.59. The number of nitrogens with zero attached hydrogens (tertiary/aromatic N) is 2. The van der Waals surface area contributed by atoms with Crippen molar-refractivity contribution in [2.24, 2.45) is 5.10 Å². The number of aromatic amines is 1. The highest BCUT2D eigenvalue weighted by molar-refractivity contribution is 5.94. The molecule has 1 aliphatic rings. The second-order valence-corrected chi connectivity index (χ2v) is 4.04. The minimum Gasteiger partial charge on any atom is -0.356 e. The molecule has 1 aromatic carbocycles. The van der Waals surface area contributed by atoms with Crippen molar-refractivity contribution in [3.63, 3.8) is 0 Å². The average molecular weight is 223 g/mol. The fraction of sp³-hybridized carbons (Fsp3) is 0.0714. The van der Waals surface area contributed by atoms with Crippen molar-refractivity contribution in [2.45, 2.75) is 6.92 Å². The topological polar surface area (TPSA) is 34.0 Å². The molecule has 3 rings (SSSR count). The Morgan fingerprint density at radius 2 is 2.00 bits per heavy atom. The Kier molecular flexibility index (Phi) is 2.38. The molecule has 0 amide bonds. The maximum atomic E-state index is 4.38. The van der Waals surface area contributed by atoms with E-state index in [0.29, 0.717) is 0 Å². The quantitative estimate of drug-likeness (QED) is 0.758. The molecule has 17 heavy (non-hydrogen) atoms. The van der Waals surface area contributed by atoms with E-state index in [0.717, 1.165) is 17.1 Å². The van der Waals surface area contributed by atoms with Crippen LogP contribution in [0.1, 0.15) is 6.92 Å². The summed E-state index contributed by atoms with van der Waals surface area (Å²) in [6, 6.07) is 12.4. The van der Waals surface area contributed by atoms with Crippen molar-refractivity contribution in [3.05, 3.63) is 54.9 Å². The molecule has 1 aromatic heterocycles. The van der Waals surface area contributed by atoms with E-state index in [1.54, 1.807) is 0 Å². The third kappa shape index (κ3) is 1.92. The summed E-state index contributed by atoms with van der Waals surface area (Å²) in [4.78, 5) is 3.27. The molecule has 0 fully saturated rings. The van der Waals surface area contributed by atoms with Crippen molar-refractivity contribution >= 4 is 11.4 Å². The number of allylic oxidation sites excluding steroid dienone is 1. The first kappa shape index (κ1) is 10.1. The molecule has 2 aromatic rings. The Hall–Kier alpha value is -2.13. The second kappa shape index (κ2) is 4.03. The molecule has 0 atom stereocenters. The van der Waals surface area contributed by atoms with Crippen LogP contribution in [0.25, 0.3) is 11.3 Å². The van der Waals surface area contributed by atoms with Crippen LogP contribution in [-0.2, 0) is 0 Å². The van der Waals surface area contributed by atoms with Gasteiger partial charge < -0.3 is 4.98 Å². The summed E-state index contributed by atoms with van der Waals surface area (Å²) < 4.78 is 0. The van der Waals surface area contributed by atoms with Crippen LogP contribution >= 0.6 is 0 Å². The summed E-state index contributed by atoms with van der Waals surface area (Å²) in [5, 5.41) is 6.26. The van der Waals surface area contributed by atoms with Crippen molar-refractivity contribution in [1.29, 1.82) is 0 Å². The van der Waals surface area contributed by atoms with Crippen LogP contribution in [0.3, 0.4) is 0 Å². The zero-order valence-corrected chi connectivity index (χ0v) is 9.59. The van der Waals surface area contributed by atoms with Gasteiger partial charge in [0.1, 0.15) is 5.71 Å². The third-order valence-corrected chi connectivity index (χ3v) is 2.74. The second-order valence-electron chi connectivity index (χ2n) is 4.04. The minimum atomic E-state index is 1.02. The number of nitrogens with one attached hydrogen (secondary N) is 1. The van der Waals surface area contributed by atoms with Gasteiger partial charge in [0, 0.05) is 17.2 Å². The largest absolute Gasteiger partial charge is 0.356 e. The van der Waals surface area contributed by atoms with Crippen LogP contribution in [-0.4, -0.2) is 10.7 Å². The molecule has 2 heterocycles. The average Bonchev–Trinajstić information content (AvgIpc) is 2.98. The first-order chi connectivity index (χ1) is 8.33. The van der Waals surface area contributed by atoms with Gasteiger partial charge in [0.25, 0.3) is 0 Å². The number of benzene rings is 1. The first-order valence-corrected chi connectivity index (χ1v) is 5.59. The maximum absolute atomic E-state index is 4.38. The van der Waals surface area contributed by atoms with Crippen LogP contribution in [0.4, 0.5) is 5.69 Å². The number of H-pyrrole nitrogens is 1. The summed E-state index contributed by atoms with van der Waals surface area (Å²) in [6.45, 7) is 1.99. The first-order valence-electron chi connectivity index (χ1n) is 5.59. The van der Waals surface area contributed by atoms with E-state index >= 15 is 0 Å². The number of anilines is 1. The molecular formula is C14H13N3+. The summed E-state index contributed by atoms with van der Waals surface area (Å²) in [5.41, 5.74) is 4.36. The number of hydrazone groups is 1.